The highest BCUT2D eigenvalue weighted by atomic mass is 16.3. The van der Waals surface area contributed by atoms with Crippen LogP contribution in [0.15, 0.2) is 30.3 Å². The van der Waals surface area contributed by atoms with Crippen molar-refractivity contribution >= 4 is 5.91 Å². The third kappa shape index (κ3) is 4.57. The molecule has 0 unspecified atom stereocenters. The van der Waals surface area contributed by atoms with Gasteiger partial charge in [0.05, 0.1) is 5.60 Å². The first kappa shape index (κ1) is 16.0. The highest BCUT2D eigenvalue weighted by Crippen LogP contribution is 2.31. The summed E-state index contributed by atoms with van der Waals surface area (Å²) in [7, 11) is 0. The van der Waals surface area contributed by atoms with E-state index in [2.05, 4.69) is 17.4 Å². The Bertz CT molecular complexity index is 463. The summed E-state index contributed by atoms with van der Waals surface area (Å²) in [4.78, 5) is 12.3. The lowest BCUT2D eigenvalue weighted by Gasteiger charge is -2.37. The van der Waals surface area contributed by atoms with E-state index in [1.165, 1.54) is 5.56 Å². The van der Waals surface area contributed by atoms with Crippen LogP contribution in [-0.4, -0.2) is 23.2 Å². The molecule has 3 nitrogen and oxygen atoms in total. The topological polar surface area (TPSA) is 49.3 Å². The number of nitrogens with one attached hydrogen (secondary N) is 1. The van der Waals surface area contributed by atoms with E-state index in [4.69, 9.17) is 0 Å². The molecule has 1 saturated carbocycles. The van der Waals surface area contributed by atoms with Crippen molar-refractivity contribution in [3.05, 3.63) is 35.9 Å². The SMILES string of the molecule is CC(C)(CCCc1ccccc1)C(=O)NCC1(O)CCC1. The molecular formula is C18H27NO2. The smallest absolute Gasteiger partial charge is 0.225 e. The molecule has 0 heterocycles. The lowest BCUT2D eigenvalue weighted by atomic mass is 9.79. The van der Waals surface area contributed by atoms with Crippen LogP contribution in [0.25, 0.3) is 0 Å². The highest BCUT2D eigenvalue weighted by Gasteiger charge is 2.36. The lowest BCUT2D eigenvalue weighted by molar-refractivity contribution is -0.132. The van der Waals surface area contributed by atoms with E-state index in [0.29, 0.717) is 6.54 Å². The van der Waals surface area contributed by atoms with Gasteiger partial charge in [-0.1, -0.05) is 44.2 Å². The van der Waals surface area contributed by atoms with Crippen molar-refractivity contribution in [2.45, 2.75) is 58.0 Å². The lowest BCUT2D eigenvalue weighted by Crippen LogP contribution is -2.50. The molecule has 2 N–H and O–H groups in total. The van der Waals surface area contributed by atoms with Crippen LogP contribution in [0.3, 0.4) is 0 Å². The number of hydrogen-bond donors (Lipinski definition) is 2. The van der Waals surface area contributed by atoms with Gasteiger partial charge in [0, 0.05) is 12.0 Å². The molecule has 1 aromatic rings. The second-order valence-electron chi connectivity index (χ2n) is 6.98. The van der Waals surface area contributed by atoms with Crippen LogP contribution in [0, 0.1) is 5.41 Å². The molecule has 0 radical (unpaired) electrons. The molecule has 0 atom stereocenters. The second-order valence-corrected chi connectivity index (χ2v) is 6.98. The van der Waals surface area contributed by atoms with Gasteiger partial charge in [-0.25, -0.2) is 0 Å². The third-order valence-corrected chi connectivity index (χ3v) is 4.59. The number of hydrogen-bond acceptors (Lipinski definition) is 2. The summed E-state index contributed by atoms with van der Waals surface area (Å²) in [6.45, 7) is 4.37. The largest absolute Gasteiger partial charge is 0.388 e. The predicted molar refractivity (Wildman–Crippen MR) is 85.0 cm³/mol. The first-order valence-electron chi connectivity index (χ1n) is 7.96. The quantitative estimate of drug-likeness (QED) is 0.810. The van der Waals surface area contributed by atoms with E-state index in [0.717, 1.165) is 38.5 Å². The van der Waals surface area contributed by atoms with Crippen LogP contribution < -0.4 is 5.32 Å². The molecule has 21 heavy (non-hydrogen) atoms. The summed E-state index contributed by atoms with van der Waals surface area (Å²) in [6, 6.07) is 10.4. The Balaban J connectivity index is 1.73. The van der Waals surface area contributed by atoms with Gasteiger partial charge in [-0.15, -0.1) is 0 Å². The van der Waals surface area contributed by atoms with Crippen LogP contribution in [-0.2, 0) is 11.2 Å². The maximum absolute atomic E-state index is 12.3. The summed E-state index contributed by atoms with van der Waals surface area (Å²) in [6.07, 6.45) is 5.53. The summed E-state index contributed by atoms with van der Waals surface area (Å²) < 4.78 is 0. The minimum atomic E-state index is -0.643. The molecule has 0 saturated heterocycles. The predicted octanol–water partition coefficient (Wildman–Crippen LogP) is 3.07. The van der Waals surface area contributed by atoms with Crippen molar-refractivity contribution in [3.63, 3.8) is 0 Å². The third-order valence-electron chi connectivity index (χ3n) is 4.59. The molecule has 0 aromatic heterocycles. The van der Waals surface area contributed by atoms with Gasteiger partial charge in [0.15, 0.2) is 0 Å². The van der Waals surface area contributed by atoms with Gasteiger partial charge in [0.1, 0.15) is 0 Å². The van der Waals surface area contributed by atoms with Crippen LogP contribution in [0.2, 0.25) is 0 Å². The Labute approximate surface area is 127 Å². The van der Waals surface area contributed by atoms with Crippen molar-refractivity contribution in [3.8, 4) is 0 Å². The average molecular weight is 289 g/mol. The molecule has 1 amide bonds. The number of benzene rings is 1. The van der Waals surface area contributed by atoms with Crippen molar-refractivity contribution in [2.75, 3.05) is 6.54 Å². The molecule has 1 fully saturated rings. The van der Waals surface area contributed by atoms with Gasteiger partial charge in [-0.05, 0) is 44.1 Å². The Kier molecular flexibility index (Phi) is 5.04. The van der Waals surface area contributed by atoms with Crippen molar-refractivity contribution in [2.24, 2.45) is 5.41 Å². The van der Waals surface area contributed by atoms with E-state index in [-0.39, 0.29) is 11.3 Å². The maximum atomic E-state index is 12.3. The standard InChI is InChI=1S/C18H27NO2/c1-17(2,11-6-10-15-8-4-3-5-9-15)16(20)19-14-18(21)12-7-13-18/h3-5,8-9,21H,6-7,10-14H2,1-2H3,(H,19,20). The van der Waals surface area contributed by atoms with Crippen molar-refractivity contribution < 1.29 is 9.90 Å². The minimum absolute atomic E-state index is 0.0517. The molecule has 1 aliphatic carbocycles. The number of carbonyl (C=O) groups excluding carboxylic acids is 1. The van der Waals surface area contributed by atoms with Crippen LogP contribution in [0.1, 0.15) is 51.5 Å². The van der Waals surface area contributed by atoms with Crippen LogP contribution >= 0.6 is 0 Å². The summed E-state index contributed by atoms with van der Waals surface area (Å²) in [5.74, 6) is 0.0517. The Morgan fingerprint density at radius 1 is 1.29 bits per heavy atom. The number of aliphatic hydroxyl groups is 1. The van der Waals surface area contributed by atoms with Crippen molar-refractivity contribution in [1.29, 1.82) is 0 Å². The molecule has 1 aliphatic rings. The Morgan fingerprint density at radius 3 is 2.52 bits per heavy atom. The summed E-state index contributed by atoms with van der Waals surface area (Å²) in [5, 5.41) is 13.0. The minimum Gasteiger partial charge on any atom is -0.388 e. The average Bonchev–Trinajstić information content (AvgIpc) is 2.43. The van der Waals surface area contributed by atoms with Crippen LogP contribution in [0.4, 0.5) is 0 Å². The Hall–Kier alpha value is -1.35. The van der Waals surface area contributed by atoms with E-state index >= 15 is 0 Å². The number of carbonyl (C=O) groups is 1. The van der Waals surface area contributed by atoms with E-state index in [9.17, 15) is 9.90 Å². The fourth-order valence-electron chi connectivity index (χ4n) is 2.74. The Morgan fingerprint density at radius 2 is 1.95 bits per heavy atom. The van der Waals surface area contributed by atoms with Gasteiger partial charge in [0.2, 0.25) is 5.91 Å². The monoisotopic (exact) mass is 289 g/mol. The fourth-order valence-corrected chi connectivity index (χ4v) is 2.74. The second kappa shape index (κ2) is 6.61. The fraction of sp³-hybridized carbons (Fsp3) is 0.611. The molecule has 116 valence electrons. The number of rotatable bonds is 7. The summed E-state index contributed by atoms with van der Waals surface area (Å²) in [5.41, 5.74) is 0.294. The normalized spacial score (nSPS) is 17.1. The zero-order chi connectivity index (χ0) is 15.3. The molecule has 2 rings (SSSR count). The zero-order valence-electron chi connectivity index (χ0n) is 13.2. The van der Waals surface area contributed by atoms with Gasteiger partial charge in [-0.3, -0.25) is 4.79 Å². The highest BCUT2D eigenvalue weighted by molar-refractivity contribution is 5.81. The van der Waals surface area contributed by atoms with E-state index in [1.807, 2.05) is 32.0 Å². The molecule has 0 spiro atoms. The van der Waals surface area contributed by atoms with E-state index in [1.54, 1.807) is 0 Å². The molecular weight excluding hydrogens is 262 g/mol. The van der Waals surface area contributed by atoms with E-state index < -0.39 is 5.60 Å². The van der Waals surface area contributed by atoms with Crippen molar-refractivity contribution in [1.82, 2.24) is 5.32 Å². The van der Waals surface area contributed by atoms with Gasteiger partial charge < -0.3 is 10.4 Å². The summed E-state index contributed by atoms with van der Waals surface area (Å²) >= 11 is 0. The van der Waals surface area contributed by atoms with Gasteiger partial charge in [0.25, 0.3) is 0 Å². The molecule has 0 aliphatic heterocycles. The van der Waals surface area contributed by atoms with Gasteiger partial charge >= 0.3 is 0 Å². The first-order valence-corrected chi connectivity index (χ1v) is 7.96. The first-order chi connectivity index (χ1) is 9.91. The van der Waals surface area contributed by atoms with Crippen LogP contribution in [0.5, 0.6) is 0 Å². The molecule has 3 heteroatoms. The number of aryl methyl sites for hydroxylation is 1. The number of amides is 1. The maximum Gasteiger partial charge on any atom is 0.225 e. The molecule has 0 bridgehead atoms. The zero-order valence-corrected chi connectivity index (χ0v) is 13.2. The molecule has 1 aromatic carbocycles. The van der Waals surface area contributed by atoms with Gasteiger partial charge in [-0.2, -0.15) is 0 Å².